The third-order valence-electron chi connectivity index (χ3n) is 15.7. The molecule has 1 aromatic carbocycles. The molecular weight excluding hydrogens is 686 g/mol. The van der Waals surface area contributed by atoms with Crippen LogP contribution in [0.25, 0.3) is 0 Å². The summed E-state index contributed by atoms with van der Waals surface area (Å²) in [5.41, 5.74) is 1.57. The lowest BCUT2D eigenvalue weighted by molar-refractivity contribution is -0.234. The first-order valence-electron chi connectivity index (χ1n) is 20.4. The standard InChI is InChI=1S/C45H66ClNO6/c1-27(2)37-32(49)24-45(35(50)26-47(39(51)53-40(4,5)6)25-29-12-14-30(46)15-13-29)23-22-43(10)31(38(37)45)16-17-34-42(9)20-19-36(52-28(3)48)41(7,8)33(42)18-21-44(34,43)11/h12-15,27,31,33-36,50H,16-26H2,1-11H3. The summed E-state index contributed by atoms with van der Waals surface area (Å²) in [6.07, 6.45) is 6.65. The Balaban J connectivity index is 1.35. The Kier molecular flexibility index (Phi) is 10.4. The first-order chi connectivity index (χ1) is 24.5. The molecule has 5 aliphatic rings. The molecule has 0 saturated heterocycles. The van der Waals surface area contributed by atoms with Gasteiger partial charge in [-0.3, -0.25) is 9.59 Å². The third-order valence-corrected chi connectivity index (χ3v) is 16.0. The number of allylic oxidation sites excluding steroid dienone is 1. The van der Waals surface area contributed by atoms with Crippen molar-refractivity contribution in [1.82, 2.24) is 4.90 Å². The topological polar surface area (TPSA) is 93.1 Å². The highest BCUT2D eigenvalue weighted by Crippen LogP contribution is 2.77. The molecule has 0 bridgehead atoms. The monoisotopic (exact) mass is 751 g/mol. The smallest absolute Gasteiger partial charge is 0.410 e. The zero-order valence-electron chi connectivity index (χ0n) is 34.4. The Bertz CT molecular complexity index is 1640. The molecule has 4 saturated carbocycles. The van der Waals surface area contributed by atoms with Gasteiger partial charge in [0.05, 0.1) is 12.6 Å². The summed E-state index contributed by atoms with van der Waals surface area (Å²) in [6, 6.07) is 7.42. The van der Waals surface area contributed by atoms with Crippen molar-refractivity contribution in [3.05, 3.63) is 46.0 Å². The number of fused-ring (bicyclic) bond motifs is 7. The van der Waals surface area contributed by atoms with E-state index in [1.165, 1.54) is 12.5 Å². The van der Waals surface area contributed by atoms with Crippen molar-refractivity contribution in [3.63, 3.8) is 0 Å². The van der Waals surface area contributed by atoms with Gasteiger partial charge in [0.15, 0.2) is 5.78 Å². The number of carbonyl (C=O) groups excluding carboxylic acids is 3. The average Bonchev–Trinajstić information content (AvgIpc) is 3.36. The number of hydrogen-bond donors (Lipinski definition) is 1. The highest BCUT2D eigenvalue weighted by Gasteiger charge is 2.70. The fraction of sp³-hybridized carbons (Fsp3) is 0.756. The van der Waals surface area contributed by atoms with E-state index in [-0.39, 0.29) is 64.4 Å². The number of rotatable bonds is 7. The molecule has 8 heteroatoms. The van der Waals surface area contributed by atoms with E-state index < -0.39 is 23.2 Å². The number of aliphatic hydroxyl groups excluding tert-OH is 1. The predicted molar refractivity (Wildman–Crippen MR) is 209 cm³/mol. The molecule has 0 heterocycles. The number of aliphatic hydroxyl groups is 1. The van der Waals surface area contributed by atoms with Gasteiger partial charge < -0.3 is 19.5 Å². The van der Waals surface area contributed by atoms with Crippen molar-refractivity contribution in [2.75, 3.05) is 6.54 Å². The summed E-state index contributed by atoms with van der Waals surface area (Å²) in [5, 5.41) is 13.2. The van der Waals surface area contributed by atoms with Crippen molar-refractivity contribution >= 4 is 29.4 Å². The maximum absolute atomic E-state index is 14.3. The van der Waals surface area contributed by atoms with Crippen LogP contribution in [0.1, 0.15) is 140 Å². The van der Waals surface area contributed by atoms with Crippen molar-refractivity contribution in [2.24, 2.45) is 50.7 Å². The number of nitrogens with zero attached hydrogens (tertiary/aromatic N) is 1. The molecule has 0 aromatic heterocycles. The van der Waals surface area contributed by atoms with Crippen molar-refractivity contribution in [2.45, 2.75) is 158 Å². The van der Waals surface area contributed by atoms with E-state index in [1.807, 2.05) is 45.0 Å². The zero-order chi connectivity index (χ0) is 39.1. The highest BCUT2D eigenvalue weighted by atomic mass is 35.5. The van der Waals surface area contributed by atoms with Gasteiger partial charge in [-0.1, -0.05) is 77.8 Å². The van der Waals surface area contributed by atoms with Crippen LogP contribution in [0.3, 0.4) is 0 Å². The summed E-state index contributed by atoms with van der Waals surface area (Å²) in [4.78, 5) is 41.8. The highest BCUT2D eigenvalue weighted by molar-refractivity contribution is 6.30. The van der Waals surface area contributed by atoms with Crippen LogP contribution in [0.5, 0.6) is 0 Å². The molecule has 9 unspecified atom stereocenters. The maximum atomic E-state index is 14.3. The van der Waals surface area contributed by atoms with Crippen LogP contribution in [0.4, 0.5) is 4.79 Å². The van der Waals surface area contributed by atoms with Crippen LogP contribution in [0.15, 0.2) is 35.4 Å². The summed E-state index contributed by atoms with van der Waals surface area (Å²) >= 11 is 6.19. The Labute approximate surface area is 324 Å². The molecule has 0 aliphatic heterocycles. The number of halogens is 1. The van der Waals surface area contributed by atoms with Gasteiger partial charge in [0, 0.05) is 35.7 Å². The molecule has 5 aliphatic carbocycles. The van der Waals surface area contributed by atoms with Gasteiger partial charge in [-0.25, -0.2) is 4.79 Å². The van der Waals surface area contributed by atoms with Gasteiger partial charge in [0.25, 0.3) is 0 Å². The number of carbonyl (C=O) groups is 3. The van der Waals surface area contributed by atoms with Crippen LogP contribution in [-0.2, 0) is 25.6 Å². The maximum Gasteiger partial charge on any atom is 0.410 e. The molecule has 0 radical (unpaired) electrons. The molecule has 4 fully saturated rings. The Morgan fingerprint density at radius 3 is 2.19 bits per heavy atom. The SMILES string of the molecule is CC(=O)OC1CCC2(C)C(CCC3(C)C2CCC2C4=C(C(C)C)C(=O)CC4(C(O)CN(Cc4ccc(Cl)cc4)C(=O)OC(C)(C)C)CCC23C)C1(C)C. The number of esters is 1. The number of benzene rings is 1. The third kappa shape index (κ3) is 6.60. The first kappa shape index (κ1) is 40.3. The molecule has 7 nitrogen and oxygen atoms in total. The van der Waals surface area contributed by atoms with Crippen LogP contribution >= 0.6 is 11.6 Å². The molecule has 1 amide bonds. The first-order valence-corrected chi connectivity index (χ1v) is 20.7. The lowest BCUT2D eigenvalue weighted by Crippen LogP contribution is -2.66. The second-order valence-electron chi connectivity index (χ2n) is 20.3. The van der Waals surface area contributed by atoms with E-state index in [2.05, 4.69) is 48.5 Å². The molecule has 1 N–H and O–H groups in total. The summed E-state index contributed by atoms with van der Waals surface area (Å²) in [7, 11) is 0. The minimum atomic E-state index is -0.932. The second-order valence-corrected chi connectivity index (χ2v) is 20.8. The number of ketones is 1. The Morgan fingerprint density at radius 2 is 1.58 bits per heavy atom. The number of hydrogen-bond acceptors (Lipinski definition) is 6. The summed E-state index contributed by atoms with van der Waals surface area (Å²) in [5.74, 6) is 1.15. The fourth-order valence-corrected chi connectivity index (χ4v) is 13.3. The normalized spacial score (nSPS) is 36.9. The fourth-order valence-electron chi connectivity index (χ4n) is 13.2. The molecule has 0 spiro atoms. The molecule has 9 atom stereocenters. The van der Waals surface area contributed by atoms with E-state index in [1.54, 1.807) is 4.90 Å². The molecular formula is C45H66ClNO6. The minimum Gasteiger partial charge on any atom is -0.462 e. The van der Waals surface area contributed by atoms with E-state index in [4.69, 9.17) is 21.1 Å². The Morgan fingerprint density at radius 1 is 0.925 bits per heavy atom. The van der Waals surface area contributed by atoms with Crippen LogP contribution in [-0.4, -0.2) is 52.2 Å². The van der Waals surface area contributed by atoms with Crippen molar-refractivity contribution in [1.29, 1.82) is 0 Å². The van der Waals surface area contributed by atoms with Crippen molar-refractivity contribution < 1.29 is 29.0 Å². The predicted octanol–water partition coefficient (Wildman–Crippen LogP) is 10.4. The lowest BCUT2D eigenvalue weighted by Gasteiger charge is -2.72. The molecule has 294 valence electrons. The number of ether oxygens (including phenoxy) is 2. The summed E-state index contributed by atoms with van der Waals surface area (Å²) < 4.78 is 11.8. The molecule has 53 heavy (non-hydrogen) atoms. The quantitative estimate of drug-likeness (QED) is 0.279. The minimum absolute atomic E-state index is 0.0422. The van der Waals surface area contributed by atoms with E-state index in [0.29, 0.717) is 29.7 Å². The van der Waals surface area contributed by atoms with Crippen molar-refractivity contribution in [3.8, 4) is 0 Å². The van der Waals surface area contributed by atoms with E-state index in [9.17, 15) is 19.5 Å². The second kappa shape index (κ2) is 13.7. The van der Waals surface area contributed by atoms with Gasteiger partial charge in [0.2, 0.25) is 0 Å². The van der Waals surface area contributed by atoms with Crippen LogP contribution in [0.2, 0.25) is 5.02 Å². The van der Waals surface area contributed by atoms with E-state index >= 15 is 0 Å². The van der Waals surface area contributed by atoms with Gasteiger partial charge in [-0.2, -0.15) is 0 Å². The van der Waals surface area contributed by atoms with Gasteiger partial charge >= 0.3 is 12.1 Å². The number of Topliss-reactive ketones (excluding diaryl/α,β-unsaturated/α-hetero) is 1. The zero-order valence-corrected chi connectivity index (χ0v) is 35.1. The molecule has 6 rings (SSSR count). The lowest BCUT2D eigenvalue weighted by atomic mass is 9.33. The molecule has 1 aromatic rings. The average molecular weight is 752 g/mol. The summed E-state index contributed by atoms with van der Waals surface area (Å²) in [6.45, 7) is 23.9. The Hall–Kier alpha value is -2.38. The van der Waals surface area contributed by atoms with Gasteiger partial charge in [0.1, 0.15) is 11.7 Å². The largest absolute Gasteiger partial charge is 0.462 e. The van der Waals surface area contributed by atoms with Gasteiger partial charge in [-0.05, 0) is 135 Å². The number of amides is 1. The van der Waals surface area contributed by atoms with E-state index in [0.717, 1.165) is 56.1 Å². The van der Waals surface area contributed by atoms with Crippen LogP contribution in [0, 0.1) is 50.7 Å². The van der Waals surface area contributed by atoms with Gasteiger partial charge in [-0.15, -0.1) is 0 Å². The van der Waals surface area contributed by atoms with Crippen LogP contribution < -0.4 is 0 Å².